The standard InChI is InChI=1S/C15H13NO3/c17-10-14-12(6-3-7-16-14)11-4-1-2-5-13(11)15-18-8-9-19-15/h1-7,10,15H,8-9H2. The van der Waals surface area contributed by atoms with Crippen molar-refractivity contribution in [3.05, 3.63) is 53.9 Å². The molecule has 0 spiro atoms. The molecule has 0 unspecified atom stereocenters. The first-order chi connectivity index (χ1) is 9.40. The van der Waals surface area contributed by atoms with Crippen LogP contribution in [0.15, 0.2) is 42.6 Å². The first-order valence-corrected chi connectivity index (χ1v) is 6.13. The first kappa shape index (κ1) is 12.0. The van der Waals surface area contributed by atoms with Gasteiger partial charge in [-0.25, -0.2) is 0 Å². The fourth-order valence-electron chi connectivity index (χ4n) is 2.22. The number of carbonyl (C=O) groups is 1. The summed E-state index contributed by atoms with van der Waals surface area (Å²) < 4.78 is 11.1. The van der Waals surface area contributed by atoms with Gasteiger partial charge < -0.3 is 9.47 Å². The van der Waals surface area contributed by atoms with Crippen LogP contribution < -0.4 is 0 Å². The summed E-state index contributed by atoms with van der Waals surface area (Å²) >= 11 is 0. The molecule has 2 heterocycles. The number of carbonyl (C=O) groups excluding carboxylic acids is 1. The van der Waals surface area contributed by atoms with Crippen molar-refractivity contribution in [3.63, 3.8) is 0 Å². The molecule has 1 aliphatic heterocycles. The molecular formula is C15H13NO3. The highest BCUT2D eigenvalue weighted by Crippen LogP contribution is 2.33. The number of aldehydes is 1. The van der Waals surface area contributed by atoms with E-state index in [-0.39, 0.29) is 6.29 Å². The van der Waals surface area contributed by atoms with Gasteiger partial charge >= 0.3 is 0 Å². The Morgan fingerprint density at radius 3 is 2.58 bits per heavy atom. The van der Waals surface area contributed by atoms with E-state index in [9.17, 15) is 4.79 Å². The molecule has 1 saturated heterocycles. The minimum absolute atomic E-state index is 0.365. The molecule has 1 aromatic heterocycles. The Labute approximate surface area is 111 Å². The lowest BCUT2D eigenvalue weighted by atomic mass is 9.98. The Balaban J connectivity index is 2.11. The Kier molecular flexibility index (Phi) is 3.35. The Hall–Kier alpha value is -2.04. The summed E-state index contributed by atoms with van der Waals surface area (Å²) in [6, 6.07) is 11.5. The molecule has 1 fully saturated rings. The van der Waals surface area contributed by atoms with Crippen LogP contribution in [0.1, 0.15) is 22.3 Å². The van der Waals surface area contributed by atoms with Crippen molar-refractivity contribution in [3.8, 4) is 11.1 Å². The highest BCUT2D eigenvalue weighted by Gasteiger charge is 2.22. The van der Waals surface area contributed by atoms with Crippen LogP contribution in [0, 0.1) is 0 Å². The third-order valence-corrected chi connectivity index (χ3v) is 3.08. The maximum atomic E-state index is 11.1. The predicted molar refractivity (Wildman–Crippen MR) is 69.7 cm³/mol. The van der Waals surface area contributed by atoms with Gasteiger partial charge in [-0.2, -0.15) is 0 Å². The number of pyridine rings is 1. The largest absolute Gasteiger partial charge is 0.346 e. The average Bonchev–Trinajstić information content (AvgIpc) is 3.01. The summed E-state index contributed by atoms with van der Waals surface area (Å²) in [6.07, 6.45) is 2.01. The van der Waals surface area contributed by atoms with Gasteiger partial charge in [0.25, 0.3) is 0 Å². The summed E-state index contributed by atoms with van der Waals surface area (Å²) in [6.45, 7) is 1.18. The van der Waals surface area contributed by atoms with E-state index in [0.717, 1.165) is 23.0 Å². The minimum atomic E-state index is -0.365. The fraction of sp³-hybridized carbons (Fsp3) is 0.200. The second kappa shape index (κ2) is 5.30. The number of rotatable bonds is 3. The van der Waals surface area contributed by atoms with Crippen LogP contribution in [-0.4, -0.2) is 24.5 Å². The first-order valence-electron chi connectivity index (χ1n) is 6.13. The molecule has 1 aromatic carbocycles. The zero-order valence-electron chi connectivity index (χ0n) is 10.3. The predicted octanol–water partition coefficient (Wildman–Crippen LogP) is 2.61. The molecule has 0 radical (unpaired) electrons. The Morgan fingerprint density at radius 2 is 1.79 bits per heavy atom. The van der Waals surface area contributed by atoms with Crippen LogP contribution in [0.25, 0.3) is 11.1 Å². The molecule has 0 aliphatic carbocycles. The lowest BCUT2D eigenvalue weighted by Crippen LogP contribution is -2.02. The average molecular weight is 255 g/mol. The molecule has 2 aromatic rings. The highest BCUT2D eigenvalue weighted by molar-refractivity contribution is 5.86. The summed E-state index contributed by atoms with van der Waals surface area (Å²) in [4.78, 5) is 15.2. The van der Waals surface area contributed by atoms with Crippen molar-refractivity contribution in [2.45, 2.75) is 6.29 Å². The van der Waals surface area contributed by atoms with Crippen LogP contribution >= 0.6 is 0 Å². The number of benzene rings is 1. The minimum Gasteiger partial charge on any atom is -0.346 e. The van der Waals surface area contributed by atoms with Crippen molar-refractivity contribution in [2.75, 3.05) is 13.2 Å². The summed E-state index contributed by atoms with van der Waals surface area (Å²) in [5, 5.41) is 0. The molecule has 0 amide bonds. The third kappa shape index (κ3) is 2.28. The molecule has 4 nitrogen and oxygen atoms in total. The van der Waals surface area contributed by atoms with Gasteiger partial charge in [0.2, 0.25) is 0 Å². The van der Waals surface area contributed by atoms with Crippen molar-refractivity contribution in [1.29, 1.82) is 0 Å². The van der Waals surface area contributed by atoms with E-state index in [1.807, 2.05) is 36.4 Å². The maximum absolute atomic E-state index is 11.1. The topological polar surface area (TPSA) is 48.4 Å². The molecular weight excluding hydrogens is 242 g/mol. The van der Waals surface area contributed by atoms with E-state index in [2.05, 4.69) is 4.98 Å². The Morgan fingerprint density at radius 1 is 1.05 bits per heavy atom. The van der Waals surface area contributed by atoms with Crippen molar-refractivity contribution >= 4 is 6.29 Å². The molecule has 0 N–H and O–H groups in total. The molecule has 3 rings (SSSR count). The normalized spacial score (nSPS) is 15.6. The van der Waals surface area contributed by atoms with E-state index in [1.54, 1.807) is 6.20 Å². The quantitative estimate of drug-likeness (QED) is 0.791. The monoisotopic (exact) mass is 255 g/mol. The van der Waals surface area contributed by atoms with Crippen LogP contribution in [-0.2, 0) is 9.47 Å². The van der Waals surface area contributed by atoms with Gasteiger partial charge in [0.15, 0.2) is 12.6 Å². The number of aromatic nitrogens is 1. The number of ether oxygens (including phenoxy) is 2. The molecule has 0 bridgehead atoms. The smallest absolute Gasteiger partial charge is 0.184 e. The van der Waals surface area contributed by atoms with Gasteiger partial charge in [0.1, 0.15) is 5.69 Å². The lowest BCUT2D eigenvalue weighted by Gasteiger charge is -2.15. The van der Waals surface area contributed by atoms with Crippen LogP contribution in [0.4, 0.5) is 0 Å². The van der Waals surface area contributed by atoms with E-state index in [4.69, 9.17) is 9.47 Å². The molecule has 19 heavy (non-hydrogen) atoms. The molecule has 96 valence electrons. The van der Waals surface area contributed by atoms with Crippen LogP contribution in [0.3, 0.4) is 0 Å². The highest BCUT2D eigenvalue weighted by atomic mass is 16.7. The SMILES string of the molecule is O=Cc1ncccc1-c1ccccc1C1OCCO1. The number of hydrogen-bond acceptors (Lipinski definition) is 4. The molecule has 0 saturated carbocycles. The van der Waals surface area contributed by atoms with E-state index >= 15 is 0 Å². The van der Waals surface area contributed by atoms with Crippen LogP contribution in [0.2, 0.25) is 0 Å². The van der Waals surface area contributed by atoms with Crippen molar-refractivity contribution in [1.82, 2.24) is 4.98 Å². The lowest BCUT2D eigenvalue weighted by molar-refractivity contribution is -0.0436. The van der Waals surface area contributed by atoms with Crippen molar-refractivity contribution < 1.29 is 14.3 Å². The van der Waals surface area contributed by atoms with E-state index < -0.39 is 0 Å². The van der Waals surface area contributed by atoms with Gasteiger partial charge in [0, 0.05) is 17.3 Å². The third-order valence-electron chi connectivity index (χ3n) is 3.08. The van der Waals surface area contributed by atoms with Gasteiger partial charge in [-0.05, 0) is 11.6 Å². The Bertz CT molecular complexity index is 591. The number of hydrogen-bond donors (Lipinski definition) is 0. The van der Waals surface area contributed by atoms with Gasteiger partial charge in [-0.1, -0.05) is 30.3 Å². The second-order valence-corrected chi connectivity index (χ2v) is 4.21. The number of nitrogens with zero attached hydrogens (tertiary/aromatic N) is 1. The van der Waals surface area contributed by atoms with Gasteiger partial charge in [-0.15, -0.1) is 0 Å². The molecule has 0 atom stereocenters. The van der Waals surface area contributed by atoms with Crippen molar-refractivity contribution in [2.24, 2.45) is 0 Å². The zero-order chi connectivity index (χ0) is 13.1. The summed E-state index contributed by atoms with van der Waals surface area (Å²) in [7, 11) is 0. The summed E-state index contributed by atoms with van der Waals surface area (Å²) in [5.74, 6) is 0. The fourth-order valence-corrected chi connectivity index (χ4v) is 2.22. The van der Waals surface area contributed by atoms with E-state index in [0.29, 0.717) is 18.9 Å². The second-order valence-electron chi connectivity index (χ2n) is 4.21. The van der Waals surface area contributed by atoms with Crippen LogP contribution in [0.5, 0.6) is 0 Å². The summed E-state index contributed by atoms with van der Waals surface area (Å²) in [5.41, 5.74) is 3.07. The molecule has 1 aliphatic rings. The van der Waals surface area contributed by atoms with Gasteiger partial charge in [-0.3, -0.25) is 9.78 Å². The van der Waals surface area contributed by atoms with Gasteiger partial charge in [0.05, 0.1) is 13.2 Å². The maximum Gasteiger partial charge on any atom is 0.184 e. The molecule has 4 heteroatoms. The zero-order valence-corrected chi connectivity index (χ0v) is 10.3. The van der Waals surface area contributed by atoms with E-state index in [1.165, 1.54) is 0 Å².